The molecule has 0 saturated heterocycles. The Kier molecular flexibility index (Phi) is 3.88. The first-order valence-corrected chi connectivity index (χ1v) is 6.80. The van der Waals surface area contributed by atoms with E-state index in [4.69, 9.17) is 4.74 Å². The van der Waals surface area contributed by atoms with Gasteiger partial charge < -0.3 is 4.74 Å². The Balaban J connectivity index is 2.42. The minimum atomic E-state index is 0.609. The van der Waals surface area contributed by atoms with Crippen LogP contribution in [0.1, 0.15) is 62.6 Å². The second kappa shape index (κ2) is 5.22. The molecule has 1 aromatic carbocycles. The van der Waals surface area contributed by atoms with Crippen LogP contribution in [0.2, 0.25) is 0 Å². The molecule has 17 heavy (non-hydrogen) atoms. The van der Waals surface area contributed by atoms with Crippen LogP contribution >= 0.6 is 0 Å². The lowest BCUT2D eigenvalue weighted by Gasteiger charge is -2.22. The fraction of sp³-hybridized carbons (Fsp3) is 0.625. The first kappa shape index (κ1) is 12.6. The Morgan fingerprint density at radius 3 is 2.59 bits per heavy atom. The third-order valence-corrected chi connectivity index (χ3v) is 3.87. The zero-order valence-corrected chi connectivity index (χ0v) is 11.5. The molecule has 1 aliphatic heterocycles. The number of benzene rings is 1. The molecular weight excluding hydrogens is 208 g/mol. The SMILES string of the molecule is CC(C)c1ccc2c(c1)C(C(C)C)CCOC2. The van der Waals surface area contributed by atoms with Gasteiger partial charge in [-0.05, 0) is 40.9 Å². The van der Waals surface area contributed by atoms with E-state index in [1.165, 1.54) is 16.7 Å². The van der Waals surface area contributed by atoms with Crippen LogP contribution < -0.4 is 0 Å². The molecule has 2 rings (SSSR count). The Bertz CT molecular complexity index is 379. The summed E-state index contributed by atoms with van der Waals surface area (Å²) in [5.41, 5.74) is 4.38. The summed E-state index contributed by atoms with van der Waals surface area (Å²) >= 11 is 0. The highest BCUT2D eigenvalue weighted by Crippen LogP contribution is 2.34. The third-order valence-electron chi connectivity index (χ3n) is 3.87. The van der Waals surface area contributed by atoms with Crippen molar-refractivity contribution in [2.75, 3.05) is 6.61 Å². The molecule has 1 atom stereocenters. The fourth-order valence-electron chi connectivity index (χ4n) is 2.69. The minimum absolute atomic E-state index is 0.609. The van der Waals surface area contributed by atoms with Crippen LogP contribution in [0.25, 0.3) is 0 Å². The quantitative estimate of drug-likeness (QED) is 0.731. The van der Waals surface area contributed by atoms with E-state index in [2.05, 4.69) is 45.9 Å². The van der Waals surface area contributed by atoms with Gasteiger partial charge in [-0.3, -0.25) is 0 Å². The number of hydrogen-bond acceptors (Lipinski definition) is 1. The first-order valence-electron chi connectivity index (χ1n) is 6.80. The first-order chi connectivity index (χ1) is 8.09. The Hall–Kier alpha value is -0.820. The molecule has 0 amide bonds. The molecule has 0 N–H and O–H groups in total. The van der Waals surface area contributed by atoms with Crippen LogP contribution in [0.3, 0.4) is 0 Å². The van der Waals surface area contributed by atoms with Gasteiger partial charge >= 0.3 is 0 Å². The van der Waals surface area contributed by atoms with Gasteiger partial charge in [0.25, 0.3) is 0 Å². The maximum Gasteiger partial charge on any atom is 0.0719 e. The summed E-state index contributed by atoms with van der Waals surface area (Å²) in [6, 6.07) is 6.94. The Morgan fingerprint density at radius 1 is 1.18 bits per heavy atom. The lowest BCUT2D eigenvalue weighted by Crippen LogP contribution is -2.09. The monoisotopic (exact) mass is 232 g/mol. The standard InChI is InChI=1S/C16H24O/c1-11(2)13-5-6-14-10-17-8-7-15(12(3)4)16(14)9-13/h5-6,9,11-12,15H,7-8,10H2,1-4H3. The molecule has 0 spiro atoms. The van der Waals surface area contributed by atoms with Crippen molar-refractivity contribution in [2.24, 2.45) is 5.92 Å². The summed E-state index contributed by atoms with van der Waals surface area (Å²) in [6.07, 6.45) is 1.16. The molecule has 1 nitrogen and oxygen atoms in total. The lowest BCUT2D eigenvalue weighted by atomic mass is 9.82. The van der Waals surface area contributed by atoms with E-state index in [9.17, 15) is 0 Å². The second-order valence-electron chi connectivity index (χ2n) is 5.80. The van der Waals surface area contributed by atoms with Crippen LogP contribution in [-0.2, 0) is 11.3 Å². The molecule has 0 aromatic heterocycles. The van der Waals surface area contributed by atoms with Crippen molar-refractivity contribution in [3.05, 3.63) is 34.9 Å². The summed E-state index contributed by atoms with van der Waals surface area (Å²) in [4.78, 5) is 0. The summed E-state index contributed by atoms with van der Waals surface area (Å²) in [5.74, 6) is 1.96. The van der Waals surface area contributed by atoms with E-state index in [1.54, 1.807) is 0 Å². The lowest BCUT2D eigenvalue weighted by molar-refractivity contribution is 0.119. The van der Waals surface area contributed by atoms with Gasteiger partial charge in [0.1, 0.15) is 0 Å². The predicted molar refractivity (Wildman–Crippen MR) is 72.4 cm³/mol. The van der Waals surface area contributed by atoms with Gasteiger partial charge in [0, 0.05) is 6.61 Å². The largest absolute Gasteiger partial charge is 0.377 e. The zero-order chi connectivity index (χ0) is 12.4. The highest BCUT2D eigenvalue weighted by atomic mass is 16.5. The topological polar surface area (TPSA) is 9.23 Å². The van der Waals surface area contributed by atoms with Gasteiger partial charge in [-0.25, -0.2) is 0 Å². The van der Waals surface area contributed by atoms with Gasteiger partial charge in [0.15, 0.2) is 0 Å². The van der Waals surface area contributed by atoms with Crippen LogP contribution in [0, 0.1) is 5.92 Å². The van der Waals surface area contributed by atoms with Crippen molar-refractivity contribution in [3.8, 4) is 0 Å². The molecule has 1 unspecified atom stereocenters. The molecule has 0 radical (unpaired) electrons. The summed E-state index contributed by atoms with van der Waals surface area (Å²) in [6.45, 7) is 10.9. The van der Waals surface area contributed by atoms with Gasteiger partial charge in [-0.1, -0.05) is 45.9 Å². The summed E-state index contributed by atoms with van der Waals surface area (Å²) in [7, 11) is 0. The van der Waals surface area contributed by atoms with Crippen molar-refractivity contribution in [1.82, 2.24) is 0 Å². The van der Waals surface area contributed by atoms with Crippen LogP contribution in [-0.4, -0.2) is 6.61 Å². The van der Waals surface area contributed by atoms with Crippen molar-refractivity contribution in [1.29, 1.82) is 0 Å². The van der Waals surface area contributed by atoms with E-state index in [-0.39, 0.29) is 0 Å². The summed E-state index contributed by atoms with van der Waals surface area (Å²) in [5, 5.41) is 0. The average Bonchev–Trinajstić information content (AvgIpc) is 2.49. The Labute approximate surface area is 105 Å². The number of ether oxygens (including phenoxy) is 1. The predicted octanol–water partition coefficient (Wildman–Crippen LogP) is 4.47. The van der Waals surface area contributed by atoms with Gasteiger partial charge in [0.05, 0.1) is 6.61 Å². The van der Waals surface area contributed by atoms with Crippen LogP contribution in [0.15, 0.2) is 18.2 Å². The van der Waals surface area contributed by atoms with Gasteiger partial charge in [-0.2, -0.15) is 0 Å². The molecule has 1 heterocycles. The van der Waals surface area contributed by atoms with E-state index in [1.807, 2.05) is 0 Å². The highest BCUT2D eigenvalue weighted by Gasteiger charge is 2.22. The Morgan fingerprint density at radius 2 is 1.94 bits per heavy atom. The molecule has 1 heteroatoms. The number of hydrogen-bond donors (Lipinski definition) is 0. The minimum Gasteiger partial charge on any atom is -0.377 e. The van der Waals surface area contributed by atoms with Crippen molar-refractivity contribution in [2.45, 2.75) is 52.6 Å². The van der Waals surface area contributed by atoms with Gasteiger partial charge in [0.2, 0.25) is 0 Å². The smallest absolute Gasteiger partial charge is 0.0719 e. The molecule has 1 aromatic rings. The van der Waals surface area contributed by atoms with Crippen LogP contribution in [0.4, 0.5) is 0 Å². The average molecular weight is 232 g/mol. The maximum atomic E-state index is 5.70. The molecule has 0 aliphatic carbocycles. The second-order valence-corrected chi connectivity index (χ2v) is 5.80. The maximum absolute atomic E-state index is 5.70. The fourth-order valence-corrected chi connectivity index (χ4v) is 2.69. The van der Waals surface area contributed by atoms with Crippen molar-refractivity contribution < 1.29 is 4.74 Å². The van der Waals surface area contributed by atoms with E-state index in [0.717, 1.165) is 19.6 Å². The highest BCUT2D eigenvalue weighted by molar-refractivity contribution is 5.36. The van der Waals surface area contributed by atoms with Crippen LogP contribution in [0.5, 0.6) is 0 Å². The van der Waals surface area contributed by atoms with Gasteiger partial charge in [-0.15, -0.1) is 0 Å². The molecule has 94 valence electrons. The molecule has 0 bridgehead atoms. The van der Waals surface area contributed by atoms with E-state index < -0.39 is 0 Å². The number of rotatable bonds is 2. The van der Waals surface area contributed by atoms with E-state index >= 15 is 0 Å². The molecule has 0 saturated carbocycles. The summed E-state index contributed by atoms with van der Waals surface area (Å²) < 4.78 is 5.70. The third kappa shape index (κ3) is 2.71. The normalized spacial score (nSPS) is 20.5. The molecule has 1 aliphatic rings. The molecular formula is C16H24O. The number of fused-ring (bicyclic) bond motifs is 1. The van der Waals surface area contributed by atoms with Crippen molar-refractivity contribution in [3.63, 3.8) is 0 Å². The zero-order valence-electron chi connectivity index (χ0n) is 11.5. The van der Waals surface area contributed by atoms with E-state index in [0.29, 0.717) is 17.8 Å². The molecule has 0 fully saturated rings. The van der Waals surface area contributed by atoms with Crippen molar-refractivity contribution >= 4 is 0 Å².